The monoisotopic (exact) mass is 256 g/mol. The Morgan fingerprint density at radius 3 is 3.11 bits per heavy atom. The molecule has 2 heterocycles. The molecule has 0 bridgehead atoms. The number of hydrogen-bond donors (Lipinski definition) is 3. The van der Waals surface area contributed by atoms with Gasteiger partial charge in [0.2, 0.25) is 5.91 Å². The van der Waals surface area contributed by atoms with Crippen LogP contribution in [0.1, 0.15) is 0 Å². The normalized spacial score (nSPS) is 10.7. The van der Waals surface area contributed by atoms with Gasteiger partial charge in [-0.05, 0) is 24.3 Å². The fourth-order valence-electron chi connectivity index (χ4n) is 1.87. The van der Waals surface area contributed by atoms with E-state index in [4.69, 9.17) is 5.73 Å². The van der Waals surface area contributed by atoms with Crippen LogP contribution in [0.25, 0.3) is 10.9 Å². The summed E-state index contributed by atoms with van der Waals surface area (Å²) in [6.45, 7) is 0.0787. The van der Waals surface area contributed by atoms with Crippen molar-refractivity contribution in [2.75, 3.05) is 11.1 Å². The molecule has 3 aromatic rings. The highest BCUT2D eigenvalue weighted by atomic mass is 16.2. The summed E-state index contributed by atoms with van der Waals surface area (Å²) in [6, 6.07) is 7.60. The molecule has 0 atom stereocenters. The quantitative estimate of drug-likeness (QED) is 0.650. The van der Waals surface area contributed by atoms with Crippen molar-refractivity contribution in [1.82, 2.24) is 20.0 Å². The van der Waals surface area contributed by atoms with Gasteiger partial charge in [0.05, 0.1) is 6.20 Å². The van der Waals surface area contributed by atoms with Crippen molar-refractivity contribution in [1.29, 1.82) is 0 Å². The van der Waals surface area contributed by atoms with Crippen molar-refractivity contribution in [3.63, 3.8) is 0 Å². The average molecular weight is 256 g/mol. The lowest BCUT2D eigenvalue weighted by Gasteiger charge is -2.05. The highest BCUT2D eigenvalue weighted by molar-refractivity contribution is 5.93. The van der Waals surface area contributed by atoms with E-state index >= 15 is 0 Å². The summed E-state index contributed by atoms with van der Waals surface area (Å²) in [4.78, 5) is 14.9. The number of aromatic nitrogens is 4. The number of anilines is 2. The molecule has 3 rings (SSSR count). The lowest BCUT2D eigenvalue weighted by molar-refractivity contribution is -0.116. The molecule has 96 valence electrons. The molecule has 1 aromatic carbocycles. The Labute approximate surface area is 108 Å². The van der Waals surface area contributed by atoms with E-state index < -0.39 is 0 Å². The molecule has 0 radical (unpaired) electrons. The van der Waals surface area contributed by atoms with Crippen molar-refractivity contribution in [3.05, 3.63) is 36.7 Å². The number of carbonyl (C=O) groups is 1. The van der Waals surface area contributed by atoms with Crippen molar-refractivity contribution >= 4 is 28.3 Å². The third kappa shape index (κ3) is 2.39. The maximum absolute atomic E-state index is 11.8. The lowest BCUT2D eigenvalue weighted by Crippen LogP contribution is -2.19. The van der Waals surface area contributed by atoms with Gasteiger partial charge in [0, 0.05) is 22.8 Å². The Morgan fingerprint density at radius 2 is 2.32 bits per heavy atom. The first-order valence-electron chi connectivity index (χ1n) is 5.73. The summed E-state index contributed by atoms with van der Waals surface area (Å²) in [5, 5.41) is 11.2. The third-order valence-electron chi connectivity index (χ3n) is 2.70. The second-order valence-corrected chi connectivity index (χ2v) is 4.17. The maximum Gasteiger partial charge on any atom is 0.246 e. The van der Waals surface area contributed by atoms with Gasteiger partial charge in [-0.2, -0.15) is 0 Å². The van der Waals surface area contributed by atoms with E-state index in [1.165, 1.54) is 10.9 Å². The number of nitrogens with two attached hydrogens (primary N) is 1. The fraction of sp³-hybridized carbons (Fsp3) is 0.0833. The van der Waals surface area contributed by atoms with Gasteiger partial charge in [0.1, 0.15) is 6.54 Å². The zero-order valence-corrected chi connectivity index (χ0v) is 10.00. The summed E-state index contributed by atoms with van der Waals surface area (Å²) in [6.07, 6.45) is 3.36. The van der Waals surface area contributed by atoms with Crippen molar-refractivity contribution in [2.45, 2.75) is 6.54 Å². The fourth-order valence-corrected chi connectivity index (χ4v) is 1.87. The largest absolute Gasteiger partial charge is 0.381 e. The Hall–Kier alpha value is -2.83. The predicted molar refractivity (Wildman–Crippen MR) is 71.4 cm³/mol. The molecule has 4 N–H and O–H groups in total. The number of H-pyrrole nitrogens is 1. The smallest absolute Gasteiger partial charge is 0.246 e. The van der Waals surface area contributed by atoms with Crippen LogP contribution in [0, 0.1) is 0 Å². The van der Waals surface area contributed by atoms with Gasteiger partial charge in [-0.1, -0.05) is 5.21 Å². The van der Waals surface area contributed by atoms with Crippen LogP contribution >= 0.6 is 0 Å². The molecule has 0 spiro atoms. The summed E-state index contributed by atoms with van der Waals surface area (Å²) in [5.41, 5.74) is 7.20. The van der Waals surface area contributed by atoms with E-state index in [0.717, 1.165) is 16.6 Å². The first-order valence-corrected chi connectivity index (χ1v) is 5.73. The van der Waals surface area contributed by atoms with Gasteiger partial charge in [0.25, 0.3) is 0 Å². The zero-order valence-electron chi connectivity index (χ0n) is 10.00. The molecule has 7 nitrogen and oxygen atoms in total. The molecule has 0 aliphatic carbocycles. The minimum Gasteiger partial charge on any atom is -0.381 e. The molecule has 0 unspecified atom stereocenters. The first kappa shape index (κ1) is 11.3. The number of nitrogens with zero attached hydrogens (tertiary/aromatic N) is 3. The maximum atomic E-state index is 11.8. The van der Waals surface area contributed by atoms with Crippen LogP contribution in [0.3, 0.4) is 0 Å². The second-order valence-electron chi connectivity index (χ2n) is 4.17. The molecule has 2 aromatic heterocycles. The average Bonchev–Trinajstić information content (AvgIpc) is 2.97. The number of fused-ring (bicyclic) bond motifs is 1. The van der Waals surface area contributed by atoms with Crippen LogP contribution in [-0.2, 0) is 11.3 Å². The van der Waals surface area contributed by atoms with Crippen molar-refractivity contribution < 1.29 is 4.79 Å². The minimum atomic E-state index is -0.181. The predicted octanol–water partition coefficient (Wildman–Crippen LogP) is 0.980. The van der Waals surface area contributed by atoms with Crippen LogP contribution in [0.2, 0.25) is 0 Å². The van der Waals surface area contributed by atoms with Crippen LogP contribution in [0.4, 0.5) is 11.5 Å². The van der Waals surface area contributed by atoms with Crippen molar-refractivity contribution in [3.8, 4) is 0 Å². The van der Waals surface area contributed by atoms with Crippen LogP contribution in [0.15, 0.2) is 36.7 Å². The number of benzene rings is 1. The summed E-state index contributed by atoms with van der Waals surface area (Å²) in [5.74, 6) is 0.112. The molecule has 0 fully saturated rings. The molecule has 7 heteroatoms. The first-order chi connectivity index (χ1) is 9.20. The minimum absolute atomic E-state index is 0.0787. The Bertz CT molecular complexity index is 728. The number of amides is 1. The lowest BCUT2D eigenvalue weighted by atomic mass is 10.2. The summed E-state index contributed by atoms with van der Waals surface area (Å²) in [7, 11) is 0. The van der Waals surface area contributed by atoms with E-state index in [1.54, 1.807) is 0 Å². The molecule has 0 saturated heterocycles. The number of carbonyl (C=O) groups excluding carboxylic acids is 1. The van der Waals surface area contributed by atoms with Crippen molar-refractivity contribution in [2.24, 2.45) is 0 Å². The van der Waals surface area contributed by atoms with E-state index in [2.05, 4.69) is 20.6 Å². The number of nitrogens with one attached hydrogen (secondary N) is 2. The van der Waals surface area contributed by atoms with E-state index in [-0.39, 0.29) is 12.5 Å². The van der Waals surface area contributed by atoms with Crippen LogP contribution < -0.4 is 11.1 Å². The van der Waals surface area contributed by atoms with Crippen LogP contribution in [-0.4, -0.2) is 25.9 Å². The molecular formula is C12H12N6O. The topological polar surface area (TPSA) is 102 Å². The molecule has 0 aliphatic rings. The van der Waals surface area contributed by atoms with Crippen LogP contribution in [0.5, 0.6) is 0 Å². The van der Waals surface area contributed by atoms with Gasteiger partial charge < -0.3 is 16.0 Å². The highest BCUT2D eigenvalue weighted by Gasteiger charge is 2.06. The van der Waals surface area contributed by atoms with Gasteiger partial charge in [-0.25, -0.2) is 4.68 Å². The number of aromatic amines is 1. The number of rotatable bonds is 3. The third-order valence-corrected chi connectivity index (χ3v) is 2.70. The second kappa shape index (κ2) is 4.45. The molecular weight excluding hydrogens is 244 g/mol. The van der Waals surface area contributed by atoms with Gasteiger partial charge in [-0.15, -0.1) is 5.10 Å². The zero-order chi connectivity index (χ0) is 13.2. The Morgan fingerprint density at radius 1 is 1.42 bits per heavy atom. The number of hydrogen-bond acceptors (Lipinski definition) is 4. The van der Waals surface area contributed by atoms with Gasteiger partial charge in [-0.3, -0.25) is 4.79 Å². The molecule has 19 heavy (non-hydrogen) atoms. The Kier molecular flexibility index (Phi) is 2.64. The Balaban J connectivity index is 1.71. The van der Waals surface area contributed by atoms with E-state index in [0.29, 0.717) is 5.82 Å². The van der Waals surface area contributed by atoms with Gasteiger partial charge >= 0.3 is 0 Å². The SMILES string of the molecule is Nc1cn(CC(=O)Nc2ccc3[nH]ccc3c2)nn1. The molecule has 1 amide bonds. The highest BCUT2D eigenvalue weighted by Crippen LogP contribution is 2.17. The molecule has 0 saturated carbocycles. The van der Waals surface area contributed by atoms with Gasteiger partial charge in [0.15, 0.2) is 5.82 Å². The summed E-state index contributed by atoms with van der Waals surface area (Å²) < 4.78 is 1.39. The number of nitrogen functional groups attached to an aromatic ring is 1. The van der Waals surface area contributed by atoms with E-state index in [1.807, 2.05) is 30.5 Å². The van der Waals surface area contributed by atoms with E-state index in [9.17, 15) is 4.79 Å². The standard InChI is InChI=1S/C12H12N6O/c13-11-6-18(17-16-11)7-12(19)15-9-1-2-10-8(5-9)3-4-14-10/h1-6,14H,7,13H2,(H,15,19). The molecule has 0 aliphatic heterocycles. The summed E-state index contributed by atoms with van der Waals surface area (Å²) >= 11 is 0.